The van der Waals surface area contributed by atoms with E-state index in [-0.39, 0.29) is 0 Å². The van der Waals surface area contributed by atoms with Crippen LogP contribution >= 0.6 is 39.1 Å². The molecule has 0 saturated carbocycles. The van der Waals surface area contributed by atoms with Crippen LogP contribution in [0.3, 0.4) is 0 Å². The number of benzene rings is 2. The fraction of sp³-hybridized carbons (Fsp3) is 0.176. The summed E-state index contributed by atoms with van der Waals surface area (Å²) in [7, 11) is 0. The van der Waals surface area contributed by atoms with Crippen molar-refractivity contribution in [2.24, 2.45) is 0 Å². The van der Waals surface area contributed by atoms with Crippen LogP contribution in [-0.2, 0) is 6.54 Å². The van der Waals surface area contributed by atoms with Gasteiger partial charge in [0, 0.05) is 23.1 Å². The number of rotatable bonds is 2. The zero-order chi connectivity index (χ0) is 16.8. The van der Waals surface area contributed by atoms with Gasteiger partial charge in [-0.25, -0.2) is 4.98 Å². The number of fused-ring (bicyclic) bond motifs is 3. The van der Waals surface area contributed by atoms with E-state index in [0.717, 1.165) is 47.4 Å². The Morgan fingerprint density at radius 2 is 1.96 bits per heavy atom. The van der Waals surface area contributed by atoms with Crippen molar-refractivity contribution in [2.45, 2.75) is 13.0 Å². The highest BCUT2D eigenvalue weighted by Crippen LogP contribution is 2.39. The summed E-state index contributed by atoms with van der Waals surface area (Å²) in [5.74, 6) is 0.761. The lowest BCUT2D eigenvalue weighted by atomic mass is 10.2. The molecule has 4 rings (SSSR count). The van der Waals surface area contributed by atoms with Crippen LogP contribution in [0.2, 0.25) is 10.0 Å². The van der Waals surface area contributed by atoms with Crippen molar-refractivity contribution < 1.29 is 4.79 Å². The Hall–Kier alpha value is -1.56. The van der Waals surface area contributed by atoms with Crippen molar-refractivity contribution >= 4 is 68.1 Å². The highest BCUT2D eigenvalue weighted by atomic mass is 79.9. The second-order valence-corrected chi connectivity index (χ2v) is 7.35. The number of halogens is 3. The lowest BCUT2D eigenvalue weighted by Gasteiger charge is -2.30. The number of aldehydes is 1. The molecule has 0 amide bonds. The van der Waals surface area contributed by atoms with Gasteiger partial charge in [0.25, 0.3) is 0 Å². The first-order valence-corrected chi connectivity index (χ1v) is 9.01. The second kappa shape index (κ2) is 6.06. The molecule has 0 atom stereocenters. The summed E-state index contributed by atoms with van der Waals surface area (Å²) < 4.78 is 2.97. The van der Waals surface area contributed by atoms with E-state index in [9.17, 15) is 4.79 Å². The molecular weight excluding hydrogens is 413 g/mol. The third kappa shape index (κ3) is 2.42. The SMILES string of the molecule is O=Cc1ccc(Cl)c2nc3n(c12)CCCN3c1ccc(Br)cc1Cl. The van der Waals surface area contributed by atoms with E-state index in [1.54, 1.807) is 12.1 Å². The molecule has 0 spiro atoms. The molecule has 0 unspecified atom stereocenters. The van der Waals surface area contributed by atoms with Crippen molar-refractivity contribution in [1.82, 2.24) is 9.55 Å². The van der Waals surface area contributed by atoms with Crippen LogP contribution in [0.25, 0.3) is 11.0 Å². The summed E-state index contributed by atoms with van der Waals surface area (Å²) in [5.41, 5.74) is 2.92. The molecule has 122 valence electrons. The Labute approximate surface area is 157 Å². The Morgan fingerprint density at radius 1 is 1.12 bits per heavy atom. The van der Waals surface area contributed by atoms with Gasteiger partial charge in [-0.2, -0.15) is 0 Å². The topological polar surface area (TPSA) is 38.1 Å². The standard InChI is InChI=1S/C17H12BrCl2N3O/c18-11-3-5-14(13(20)8-11)22-6-1-7-23-16-10(9-24)2-4-12(19)15(16)21-17(22)23/h2-5,8-9H,1,6-7H2. The van der Waals surface area contributed by atoms with Crippen molar-refractivity contribution in [3.05, 3.63) is 50.4 Å². The quantitative estimate of drug-likeness (QED) is 0.512. The molecule has 1 aliphatic rings. The van der Waals surface area contributed by atoms with Gasteiger partial charge < -0.3 is 9.47 Å². The van der Waals surface area contributed by atoms with Crippen molar-refractivity contribution in [1.29, 1.82) is 0 Å². The van der Waals surface area contributed by atoms with Crippen LogP contribution in [-0.4, -0.2) is 22.4 Å². The summed E-state index contributed by atoms with van der Waals surface area (Å²) in [6.45, 7) is 1.59. The van der Waals surface area contributed by atoms with E-state index in [1.807, 2.05) is 22.8 Å². The molecule has 3 aromatic rings. The predicted octanol–water partition coefficient (Wildman–Crippen LogP) is 5.46. The molecule has 0 fully saturated rings. The van der Waals surface area contributed by atoms with Gasteiger partial charge in [0.2, 0.25) is 5.95 Å². The van der Waals surface area contributed by atoms with E-state index < -0.39 is 0 Å². The van der Waals surface area contributed by atoms with E-state index in [1.165, 1.54) is 0 Å². The molecule has 2 aromatic carbocycles. The van der Waals surface area contributed by atoms with Crippen molar-refractivity contribution in [3.8, 4) is 0 Å². The highest BCUT2D eigenvalue weighted by Gasteiger charge is 2.26. The van der Waals surface area contributed by atoms with Crippen LogP contribution in [0.1, 0.15) is 16.8 Å². The number of aryl methyl sites for hydroxylation is 1. The number of imidazole rings is 1. The van der Waals surface area contributed by atoms with Crippen molar-refractivity contribution in [2.75, 3.05) is 11.4 Å². The van der Waals surface area contributed by atoms with Gasteiger partial charge in [0.1, 0.15) is 5.52 Å². The number of nitrogens with zero attached hydrogens (tertiary/aromatic N) is 3. The summed E-state index contributed by atoms with van der Waals surface area (Å²) in [6.07, 6.45) is 1.77. The number of hydrogen-bond acceptors (Lipinski definition) is 3. The summed E-state index contributed by atoms with van der Waals surface area (Å²) in [4.78, 5) is 18.2. The molecule has 1 aromatic heterocycles. The van der Waals surface area contributed by atoms with Crippen LogP contribution in [0.15, 0.2) is 34.8 Å². The summed E-state index contributed by atoms with van der Waals surface area (Å²) >= 11 is 16.2. The largest absolute Gasteiger partial charge is 0.310 e. The third-order valence-corrected chi connectivity index (χ3v) is 5.29. The molecule has 0 saturated heterocycles. The summed E-state index contributed by atoms with van der Waals surface area (Å²) in [6, 6.07) is 9.22. The van der Waals surface area contributed by atoms with Gasteiger partial charge in [0.05, 0.1) is 21.2 Å². The Kier molecular flexibility index (Phi) is 4.03. The second-order valence-electron chi connectivity index (χ2n) is 5.62. The molecule has 7 heteroatoms. The molecule has 1 aliphatic heterocycles. The van der Waals surface area contributed by atoms with Gasteiger partial charge in [0.15, 0.2) is 6.29 Å². The van der Waals surface area contributed by atoms with Crippen LogP contribution in [0, 0.1) is 0 Å². The number of anilines is 2. The maximum absolute atomic E-state index is 11.4. The maximum Gasteiger partial charge on any atom is 0.211 e. The average molecular weight is 425 g/mol. The normalized spacial score (nSPS) is 14.0. The molecule has 0 N–H and O–H groups in total. The molecule has 0 radical (unpaired) electrons. The Morgan fingerprint density at radius 3 is 2.71 bits per heavy atom. The Bertz CT molecular complexity index is 970. The highest BCUT2D eigenvalue weighted by molar-refractivity contribution is 9.10. The first-order valence-electron chi connectivity index (χ1n) is 7.46. The monoisotopic (exact) mass is 423 g/mol. The average Bonchev–Trinajstić information content (AvgIpc) is 2.96. The fourth-order valence-electron chi connectivity index (χ4n) is 3.15. The van der Waals surface area contributed by atoms with Gasteiger partial charge in [-0.05, 0) is 36.8 Å². The van der Waals surface area contributed by atoms with Gasteiger partial charge in [-0.15, -0.1) is 0 Å². The lowest BCUT2D eigenvalue weighted by Crippen LogP contribution is -2.28. The number of carbonyl (C=O) groups is 1. The smallest absolute Gasteiger partial charge is 0.211 e. The molecule has 4 nitrogen and oxygen atoms in total. The molecule has 2 heterocycles. The maximum atomic E-state index is 11.4. The van der Waals surface area contributed by atoms with Crippen molar-refractivity contribution in [3.63, 3.8) is 0 Å². The first-order chi connectivity index (χ1) is 11.6. The Balaban J connectivity index is 1.97. The molecular formula is C17H12BrCl2N3O. The van der Waals surface area contributed by atoms with Crippen LogP contribution in [0.4, 0.5) is 11.6 Å². The van der Waals surface area contributed by atoms with Crippen LogP contribution < -0.4 is 4.90 Å². The minimum absolute atomic E-state index is 0.541. The molecule has 24 heavy (non-hydrogen) atoms. The molecule has 0 bridgehead atoms. The molecule has 0 aliphatic carbocycles. The zero-order valence-electron chi connectivity index (χ0n) is 12.5. The van der Waals surface area contributed by atoms with E-state index in [2.05, 4.69) is 20.8 Å². The number of carbonyl (C=O) groups excluding carboxylic acids is 1. The third-order valence-electron chi connectivity index (χ3n) is 4.19. The minimum atomic E-state index is 0.541. The minimum Gasteiger partial charge on any atom is -0.310 e. The summed E-state index contributed by atoms with van der Waals surface area (Å²) in [5, 5.41) is 1.19. The fourth-order valence-corrected chi connectivity index (χ4v) is 4.12. The predicted molar refractivity (Wildman–Crippen MR) is 101 cm³/mol. The van der Waals surface area contributed by atoms with E-state index >= 15 is 0 Å². The van der Waals surface area contributed by atoms with Gasteiger partial charge in [-0.3, -0.25) is 4.79 Å². The number of hydrogen-bond donors (Lipinski definition) is 0. The van der Waals surface area contributed by atoms with E-state index in [0.29, 0.717) is 21.1 Å². The number of aromatic nitrogens is 2. The van der Waals surface area contributed by atoms with Gasteiger partial charge >= 0.3 is 0 Å². The lowest BCUT2D eigenvalue weighted by molar-refractivity contribution is 0.112. The zero-order valence-corrected chi connectivity index (χ0v) is 15.6. The van der Waals surface area contributed by atoms with E-state index in [4.69, 9.17) is 28.2 Å². The van der Waals surface area contributed by atoms with Gasteiger partial charge in [-0.1, -0.05) is 39.1 Å². The van der Waals surface area contributed by atoms with Crippen LogP contribution in [0.5, 0.6) is 0 Å². The first kappa shape index (κ1) is 15.9.